The summed E-state index contributed by atoms with van der Waals surface area (Å²) >= 11 is 0. The fourth-order valence-corrected chi connectivity index (χ4v) is 10.4. The molecule has 3 aliphatic heterocycles. The molecular weight excluding hydrogens is 859 g/mol. The number of H-pyrrole nitrogens is 2. The quantitative estimate of drug-likeness (QED) is 0.0766. The Morgan fingerprint density at radius 1 is 0.647 bits per heavy atom. The molecule has 3 aliphatic rings. The van der Waals surface area contributed by atoms with Crippen molar-refractivity contribution in [1.82, 2.24) is 40.8 Å². The average Bonchev–Trinajstić information content (AvgIpc) is 4.18. The molecular formula is C53H67N9O6. The van der Waals surface area contributed by atoms with Crippen LogP contribution in [0.1, 0.15) is 139 Å². The third-order valence-electron chi connectivity index (χ3n) is 14.2. The fourth-order valence-electron chi connectivity index (χ4n) is 10.4. The molecule has 0 unspecified atom stereocenters. The van der Waals surface area contributed by atoms with Crippen LogP contribution in [0.15, 0.2) is 84.9 Å². The zero-order valence-electron chi connectivity index (χ0n) is 40.6. The van der Waals surface area contributed by atoms with Gasteiger partial charge in [0.2, 0.25) is 11.8 Å². The second-order valence-electron chi connectivity index (χ2n) is 20.4. The monoisotopic (exact) mass is 926 g/mol. The molecule has 0 saturated carbocycles. The van der Waals surface area contributed by atoms with Gasteiger partial charge in [0.05, 0.1) is 54.1 Å². The van der Waals surface area contributed by atoms with Crippen molar-refractivity contribution in [2.24, 2.45) is 11.8 Å². The van der Waals surface area contributed by atoms with Gasteiger partial charge in [0.15, 0.2) is 0 Å². The molecule has 2 aromatic heterocycles. The first kappa shape index (κ1) is 47.8. The molecule has 0 spiro atoms. The van der Waals surface area contributed by atoms with Crippen molar-refractivity contribution in [2.75, 3.05) is 25.1 Å². The van der Waals surface area contributed by atoms with Crippen molar-refractivity contribution in [3.63, 3.8) is 0 Å². The van der Waals surface area contributed by atoms with Crippen molar-refractivity contribution in [3.05, 3.63) is 113 Å². The summed E-state index contributed by atoms with van der Waals surface area (Å²) in [5, 5.41) is 30.4. The number of aromatic nitrogens is 4. The highest BCUT2D eigenvalue weighted by Crippen LogP contribution is 2.48. The van der Waals surface area contributed by atoms with E-state index in [-0.39, 0.29) is 53.2 Å². The molecule has 15 nitrogen and oxygen atoms in total. The number of rotatable bonds is 13. The molecule has 68 heavy (non-hydrogen) atoms. The summed E-state index contributed by atoms with van der Waals surface area (Å²) in [4.78, 5) is 57.1. The maximum atomic E-state index is 13.7. The second-order valence-corrected chi connectivity index (χ2v) is 20.4. The number of nitrogens with zero attached hydrogens (tertiary/aromatic N) is 5. The van der Waals surface area contributed by atoms with Crippen molar-refractivity contribution in [3.8, 4) is 22.5 Å². The van der Waals surface area contributed by atoms with E-state index < -0.39 is 24.3 Å². The highest BCUT2D eigenvalue weighted by molar-refractivity contribution is 5.87. The van der Waals surface area contributed by atoms with E-state index in [1.165, 1.54) is 29.5 Å². The number of methoxy groups -OCH3 is 1. The molecule has 360 valence electrons. The van der Waals surface area contributed by atoms with Crippen LogP contribution in [-0.4, -0.2) is 91.6 Å². The Morgan fingerprint density at radius 2 is 1.09 bits per heavy atom. The minimum Gasteiger partial charge on any atom is -0.465 e. The van der Waals surface area contributed by atoms with Crippen molar-refractivity contribution in [2.45, 2.75) is 129 Å². The van der Waals surface area contributed by atoms with Gasteiger partial charge in [-0.3, -0.25) is 19.8 Å². The van der Waals surface area contributed by atoms with Gasteiger partial charge in [0, 0.05) is 29.9 Å². The Labute approximate surface area is 399 Å². The minimum absolute atomic E-state index is 0.0235. The molecule has 15 heteroatoms. The lowest BCUT2D eigenvalue weighted by Gasteiger charge is -2.34. The van der Waals surface area contributed by atoms with E-state index >= 15 is 0 Å². The number of likely N-dealkylation sites (tertiary alicyclic amines) is 2. The standard InChI is InChI=1S/C53H67N9O6/c1-31(2)47(54-51(65)66)49(63)60-27-9-11-45(60)41-29-39(56-58-41)33-13-17-35(18-14-33)43-25-26-44(62(43)38-23-21-37(22-24-38)53(5,6)7)36-19-15-34(16-20-36)40-30-42(59-57-40)46-12-10-28-61(46)50(64)48(32(3)4)55-52(67)68-8/h13-24,29-32,43-48,54H,9-12,25-28H2,1-8H3,(H,55,67)(H,56,58)(H,57,59)(H,65,66)/t43-,44-,45-,46-,47-,48-/m0/s1. The average molecular weight is 926 g/mol. The van der Waals surface area contributed by atoms with E-state index in [9.17, 15) is 24.3 Å². The molecule has 5 heterocycles. The van der Waals surface area contributed by atoms with E-state index in [2.05, 4.69) is 124 Å². The number of amides is 4. The first-order chi connectivity index (χ1) is 32.5. The second kappa shape index (κ2) is 19.9. The van der Waals surface area contributed by atoms with Crippen molar-refractivity contribution in [1.29, 1.82) is 0 Å². The van der Waals surface area contributed by atoms with Crippen molar-refractivity contribution < 1.29 is 29.0 Å². The Hall–Kier alpha value is -6.64. The number of hydrogen-bond acceptors (Lipinski definition) is 8. The molecule has 8 rings (SSSR count). The zero-order chi connectivity index (χ0) is 48.4. The predicted octanol–water partition coefficient (Wildman–Crippen LogP) is 9.85. The summed E-state index contributed by atoms with van der Waals surface area (Å²) in [6, 6.07) is 28.8. The Morgan fingerprint density at radius 3 is 1.49 bits per heavy atom. The van der Waals surface area contributed by atoms with Crippen LogP contribution in [0.3, 0.4) is 0 Å². The SMILES string of the molecule is COC(=O)N[C@H](C(=O)N1CCC[C@H]1c1cc(-c2ccc([C@@H]3CC[C@@H](c4ccc(-c5cc([C@@H]6CCCN6C(=O)[C@@H](NC(=O)O)C(C)C)[nH]n5)cc4)N3c3ccc(C(C)(C)C)cc3)cc2)n[nH]1)C(C)C. The molecule has 6 atom stereocenters. The molecule has 5 aromatic rings. The molecule has 0 bridgehead atoms. The molecule has 5 N–H and O–H groups in total. The van der Waals surface area contributed by atoms with E-state index in [0.717, 1.165) is 72.4 Å². The highest BCUT2D eigenvalue weighted by Gasteiger charge is 2.40. The van der Waals surface area contributed by atoms with Gasteiger partial charge in [0.25, 0.3) is 0 Å². The first-order valence-corrected chi connectivity index (χ1v) is 24.2. The summed E-state index contributed by atoms with van der Waals surface area (Å²) in [6.45, 7) is 15.4. The normalized spacial score (nSPS) is 20.5. The largest absolute Gasteiger partial charge is 0.465 e. The first-order valence-electron chi connectivity index (χ1n) is 24.2. The lowest BCUT2D eigenvalue weighted by molar-refractivity contribution is -0.136. The van der Waals surface area contributed by atoms with Gasteiger partial charge in [-0.25, -0.2) is 9.59 Å². The van der Waals surface area contributed by atoms with Crippen molar-refractivity contribution >= 4 is 29.7 Å². The third-order valence-corrected chi connectivity index (χ3v) is 14.2. The Kier molecular flexibility index (Phi) is 14.0. The van der Waals surface area contributed by atoms with Gasteiger partial charge < -0.3 is 35.2 Å². The summed E-state index contributed by atoms with van der Waals surface area (Å²) < 4.78 is 4.81. The Balaban J connectivity index is 1.00. The smallest absolute Gasteiger partial charge is 0.407 e. The molecule has 0 aliphatic carbocycles. The lowest BCUT2D eigenvalue weighted by atomic mass is 9.87. The number of ether oxygens (including phenoxy) is 1. The van der Waals surface area contributed by atoms with E-state index in [1.54, 1.807) is 4.90 Å². The van der Waals surface area contributed by atoms with Gasteiger partial charge in [-0.1, -0.05) is 109 Å². The number of aromatic amines is 2. The minimum atomic E-state index is -1.21. The number of carbonyl (C=O) groups is 4. The van der Waals surface area contributed by atoms with Gasteiger partial charge in [0.1, 0.15) is 12.1 Å². The van der Waals surface area contributed by atoms with Crippen LogP contribution >= 0.6 is 0 Å². The molecule has 4 amide bonds. The number of carbonyl (C=O) groups excluding carboxylic acids is 3. The number of carboxylic acid groups (broad SMARTS) is 1. The van der Waals surface area contributed by atoms with Gasteiger partial charge in [-0.05, 0) is 96.7 Å². The molecule has 0 radical (unpaired) electrons. The van der Waals surface area contributed by atoms with Crippen LogP contribution in [0.4, 0.5) is 15.3 Å². The maximum Gasteiger partial charge on any atom is 0.407 e. The third kappa shape index (κ3) is 9.98. The lowest BCUT2D eigenvalue weighted by Crippen LogP contribution is -2.51. The van der Waals surface area contributed by atoms with Crippen LogP contribution < -0.4 is 15.5 Å². The van der Waals surface area contributed by atoms with Crippen LogP contribution in [0.2, 0.25) is 0 Å². The molecule has 3 saturated heterocycles. The molecule has 3 fully saturated rings. The van der Waals surface area contributed by atoms with Crippen LogP contribution in [0.25, 0.3) is 22.5 Å². The summed E-state index contributed by atoms with van der Waals surface area (Å²) in [6.07, 6.45) is 3.36. The van der Waals surface area contributed by atoms with E-state index in [4.69, 9.17) is 9.84 Å². The Bertz CT molecular complexity index is 2560. The number of benzene rings is 3. The highest BCUT2D eigenvalue weighted by atomic mass is 16.5. The van der Waals surface area contributed by atoms with Gasteiger partial charge in [-0.2, -0.15) is 10.2 Å². The maximum absolute atomic E-state index is 13.7. The van der Waals surface area contributed by atoms with Crippen LogP contribution in [0.5, 0.6) is 0 Å². The number of hydrogen-bond donors (Lipinski definition) is 5. The van der Waals surface area contributed by atoms with E-state index in [1.807, 2.05) is 44.7 Å². The van der Waals surface area contributed by atoms with Gasteiger partial charge >= 0.3 is 12.2 Å². The van der Waals surface area contributed by atoms with E-state index in [0.29, 0.717) is 13.1 Å². The summed E-state index contributed by atoms with van der Waals surface area (Å²) in [5.74, 6) is -0.633. The summed E-state index contributed by atoms with van der Waals surface area (Å²) in [7, 11) is 1.30. The van der Waals surface area contributed by atoms with Crippen LogP contribution in [0, 0.1) is 11.8 Å². The summed E-state index contributed by atoms with van der Waals surface area (Å²) in [5.41, 5.74) is 10.2. The van der Waals surface area contributed by atoms with Gasteiger partial charge in [-0.15, -0.1) is 0 Å². The fraction of sp³-hybridized carbons (Fsp3) is 0.472. The zero-order valence-corrected chi connectivity index (χ0v) is 40.6. The predicted molar refractivity (Wildman–Crippen MR) is 262 cm³/mol. The number of nitrogens with one attached hydrogen (secondary N) is 4. The topological polar surface area (TPSA) is 189 Å². The molecule has 3 aromatic carbocycles. The number of anilines is 1. The van der Waals surface area contributed by atoms with Crippen LogP contribution in [-0.2, 0) is 19.7 Å². The number of alkyl carbamates (subject to hydrolysis) is 1.